The van der Waals surface area contributed by atoms with Crippen LogP contribution in [-0.4, -0.2) is 81.0 Å². The number of fused-ring (bicyclic) bond motifs is 1. The molecule has 11 nitrogen and oxygen atoms in total. The monoisotopic (exact) mass is 668 g/mol. The average molecular weight is 669 g/mol. The Bertz CT molecular complexity index is 1490. The zero-order valence-electron chi connectivity index (χ0n) is 26.7. The van der Waals surface area contributed by atoms with Crippen LogP contribution >= 0.6 is 0 Å². The first kappa shape index (κ1) is 34.6. The summed E-state index contributed by atoms with van der Waals surface area (Å²) in [6.07, 6.45) is -1.53. The van der Waals surface area contributed by atoms with E-state index in [2.05, 4.69) is 22.5 Å². The third-order valence-electron chi connectivity index (χ3n) is 9.35. The number of imidazole rings is 1. The minimum Gasteiger partial charge on any atom is -0.381 e. The van der Waals surface area contributed by atoms with E-state index in [9.17, 15) is 31.5 Å². The first-order chi connectivity index (χ1) is 22.2. The Labute approximate surface area is 269 Å². The van der Waals surface area contributed by atoms with E-state index in [1.54, 1.807) is 19.2 Å². The quantitative estimate of drug-likeness (QED) is 0.163. The smallest absolute Gasteiger partial charge is 0.381 e. The van der Waals surface area contributed by atoms with Crippen LogP contribution in [0.4, 0.5) is 22.0 Å². The van der Waals surface area contributed by atoms with Gasteiger partial charge in [-0.2, -0.15) is 23.4 Å². The molecule has 0 bridgehead atoms. The standard InChI is InChI=1S/C31H41F5N8O3/c1-5-24(44(37-4)17(2)3)28(46)40-25(18-6-9-30(32,33)10-7-18)23-15-43-29(39-23)41-26(19-8-11-47-16-19)22(42-43)13-20-12-21(31(34,35)36)14-38-27(20)45/h5,15,17-21,25H,4,6-14,16H2,1-3H3,(H,38,45)(H,40,46)/b24-5-. The zero-order chi connectivity index (χ0) is 34.1. The van der Waals surface area contributed by atoms with E-state index in [1.165, 1.54) is 9.52 Å². The van der Waals surface area contributed by atoms with Crippen molar-refractivity contribution in [1.29, 1.82) is 0 Å². The Balaban J connectivity index is 1.51. The van der Waals surface area contributed by atoms with Crippen molar-refractivity contribution >= 4 is 24.3 Å². The zero-order valence-corrected chi connectivity index (χ0v) is 26.7. The lowest BCUT2D eigenvalue weighted by Crippen LogP contribution is -2.47. The first-order valence-corrected chi connectivity index (χ1v) is 16.0. The number of amides is 2. The molecular weight excluding hydrogens is 627 g/mol. The highest BCUT2D eigenvalue weighted by atomic mass is 19.4. The van der Waals surface area contributed by atoms with Crippen molar-refractivity contribution in [3.8, 4) is 0 Å². The summed E-state index contributed by atoms with van der Waals surface area (Å²) in [5, 5.41) is 15.5. The van der Waals surface area contributed by atoms with Crippen LogP contribution in [0.3, 0.4) is 0 Å². The van der Waals surface area contributed by atoms with Crippen LogP contribution in [0.15, 0.2) is 23.1 Å². The second-order valence-electron chi connectivity index (χ2n) is 12.9. The van der Waals surface area contributed by atoms with Gasteiger partial charge in [-0.25, -0.2) is 23.3 Å². The van der Waals surface area contributed by atoms with Crippen LogP contribution < -0.4 is 10.6 Å². The molecule has 3 aliphatic rings. The molecule has 1 saturated carbocycles. The van der Waals surface area contributed by atoms with E-state index in [0.29, 0.717) is 36.7 Å². The Kier molecular flexibility index (Phi) is 10.2. The van der Waals surface area contributed by atoms with Gasteiger partial charge >= 0.3 is 6.18 Å². The number of alkyl halides is 5. The van der Waals surface area contributed by atoms with Crippen molar-refractivity contribution in [2.45, 2.75) is 95.8 Å². The fraction of sp³-hybridized carbons (Fsp3) is 0.677. The number of hydrogen-bond donors (Lipinski definition) is 2. The van der Waals surface area contributed by atoms with Crippen LogP contribution in [0.25, 0.3) is 5.78 Å². The third kappa shape index (κ3) is 7.73. The molecule has 1 aliphatic carbocycles. The Morgan fingerprint density at radius 3 is 2.60 bits per heavy atom. The van der Waals surface area contributed by atoms with E-state index in [1.807, 2.05) is 13.8 Å². The van der Waals surface area contributed by atoms with Gasteiger partial charge in [0.05, 0.1) is 41.8 Å². The predicted octanol–water partition coefficient (Wildman–Crippen LogP) is 4.70. The van der Waals surface area contributed by atoms with Gasteiger partial charge in [-0.3, -0.25) is 14.6 Å². The van der Waals surface area contributed by atoms with Gasteiger partial charge in [-0.05, 0) is 52.4 Å². The van der Waals surface area contributed by atoms with Gasteiger partial charge in [0.2, 0.25) is 11.8 Å². The van der Waals surface area contributed by atoms with E-state index >= 15 is 0 Å². The maximum absolute atomic E-state index is 14.2. The van der Waals surface area contributed by atoms with Crippen molar-refractivity contribution in [3.05, 3.63) is 35.1 Å². The maximum atomic E-state index is 14.2. The van der Waals surface area contributed by atoms with E-state index in [0.717, 1.165) is 0 Å². The lowest BCUT2D eigenvalue weighted by Gasteiger charge is -2.34. The van der Waals surface area contributed by atoms with Crippen molar-refractivity contribution in [3.63, 3.8) is 0 Å². The molecule has 258 valence electrons. The number of aromatic nitrogens is 4. The van der Waals surface area contributed by atoms with Gasteiger partial charge in [0.15, 0.2) is 0 Å². The number of piperidine rings is 1. The molecule has 2 saturated heterocycles. The van der Waals surface area contributed by atoms with Gasteiger partial charge in [0, 0.05) is 57.0 Å². The molecule has 0 spiro atoms. The highest BCUT2D eigenvalue weighted by Gasteiger charge is 2.45. The summed E-state index contributed by atoms with van der Waals surface area (Å²) in [6.45, 7) is 9.27. The number of allylic oxidation sites excluding steroid dienone is 1. The van der Waals surface area contributed by atoms with Gasteiger partial charge < -0.3 is 15.4 Å². The van der Waals surface area contributed by atoms with Gasteiger partial charge in [-0.15, -0.1) is 0 Å². The van der Waals surface area contributed by atoms with Gasteiger partial charge in [0.25, 0.3) is 11.7 Å². The molecule has 0 radical (unpaired) electrons. The summed E-state index contributed by atoms with van der Waals surface area (Å²) in [4.78, 5) is 35.8. The molecule has 5 rings (SSSR count). The SMILES string of the molecule is C=NN(/C(=C\C)C(=O)NC(c1cn2nc(CC3CC(C(F)(F)F)CNC3=O)c(C3CCOC3)nc2n1)C1CCC(F)(F)CC1)C(C)C. The highest BCUT2D eigenvalue weighted by Crippen LogP contribution is 2.42. The molecule has 47 heavy (non-hydrogen) atoms. The van der Waals surface area contributed by atoms with Crippen molar-refractivity contribution in [2.24, 2.45) is 22.9 Å². The summed E-state index contributed by atoms with van der Waals surface area (Å²) in [6, 6.07) is -0.969. The minimum atomic E-state index is -4.45. The predicted molar refractivity (Wildman–Crippen MR) is 161 cm³/mol. The number of nitrogens with one attached hydrogen (secondary N) is 2. The number of ether oxygens (including phenoxy) is 1. The molecule has 2 aromatic heterocycles. The minimum absolute atomic E-state index is 0.0666. The van der Waals surface area contributed by atoms with E-state index in [4.69, 9.17) is 19.8 Å². The van der Waals surface area contributed by atoms with Crippen molar-refractivity contribution < 1.29 is 36.3 Å². The molecule has 4 heterocycles. The number of hydrogen-bond acceptors (Lipinski definition) is 8. The summed E-state index contributed by atoms with van der Waals surface area (Å²) >= 11 is 0. The molecule has 2 N–H and O–H groups in total. The van der Waals surface area contributed by atoms with Crippen LogP contribution in [0.5, 0.6) is 0 Å². The van der Waals surface area contributed by atoms with Crippen LogP contribution in [0.1, 0.15) is 88.3 Å². The lowest BCUT2D eigenvalue weighted by molar-refractivity contribution is -0.183. The summed E-state index contributed by atoms with van der Waals surface area (Å²) in [7, 11) is 0. The topological polar surface area (TPSA) is 126 Å². The number of hydrazone groups is 1. The average Bonchev–Trinajstić information content (AvgIpc) is 3.69. The molecule has 2 amide bonds. The number of halogens is 5. The van der Waals surface area contributed by atoms with Crippen LogP contribution in [-0.2, 0) is 20.7 Å². The summed E-state index contributed by atoms with van der Waals surface area (Å²) < 4.78 is 76.0. The van der Waals surface area contributed by atoms with E-state index < -0.39 is 48.3 Å². The largest absolute Gasteiger partial charge is 0.393 e. The Morgan fingerprint density at radius 1 is 1.28 bits per heavy atom. The van der Waals surface area contributed by atoms with Crippen LogP contribution in [0.2, 0.25) is 0 Å². The van der Waals surface area contributed by atoms with Gasteiger partial charge in [-0.1, -0.05) is 6.08 Å². The molecule has 2 aromatic rings. The van der Waals surface area contributed by atoms with Gasteiger partial charge in [0.1, 0.15) is 5.70 Å². The van der Waals surface area contributed by atoms with Crippen LogP contribution in [0, 0.1) is 17.8 Å². The summed E-state index contributed by atoms with van der Waals surface area (Å²) in [5.41, 5.74) is 1.44. The number of rotatable bonds is 10. The molecule has 2 aliphatic heterocycles. The van der Waals surface area contributed by atoms with Crippen molar-refractivity contribution in [1.82, 2.24) is 35.2 Å². The normalized spacial score (nSPS) is 24.7. The number of carbonyl (C=O) groups excluding carboxylic acids is 2. The fourth-order valence-electron chi connectivity index (χ4n) is 6.74. The Hall–Kier alpha value is -3.69. The third-order valence-corrected chi connectivity index (χ3v) is 9.35. The molecule has 3 fully saturated rings. The van der Waals surface area contributed by atoms with E-state index in [-0.39, 0.29) is 67.9 Å². The molecular formula is C31H41F5N8O3. The first-order valence-electron chi connectivity index (χ1n) is 16.0. The second-order valence-corrected chi connectivity index (χ2v) is 12.9. The Morgan fingerprint density at radius 2 is 2.00 bits per heavy atom. The number of carbonyl (C=O) groups is 2. The summed E-state index contributed by atoms with van der Waals surface area (Å²) in [5.74, 6) is -6.80. The lowest BCUT2D eigenvalue weighted by atomic mass is 9.81. The second kappa shape index (κ2) is 13.8. The fourth-order valence-corrected chi connectivity index (χ4v) is 6.74. The molecule has 16 heteroatoms. The molecule has 4 atom stereocenters. The highest BCUT2D eigenvalue weighted by molar-refractivity contribution is 5.93. The number of nitrogens with zero attached hydrogens (tertiary/aromatic N) is 6. The maximum Gasteiger partial charge on any atom is 0.393 e. The molecule has 0 aromatic carbocycles. The van der Waals surface area contributed by atoms with Crippen molar-refractivity contribution in [2.75, 3.05) is 19.8 Å². The molecule has 4 unspecified atom stereocenters.